The summed E-state index contributed by atoms with van der Waals surface area (Å²) in [7, 11) is 2.16. The predicted octanol–water partition coefficient (Wildman–Crippen LogP) is 3.83. The maximum Gasteiger partial charge on any atom is 0.386 e. The fourth-order valence-electron chi connectivity index (χ4n) is 1.56. The van der Waals surface area contributed by atoms with Gasteiger partial charge >= 0.3 is 8.17 Å². The first-order chi connectivity index (χ1) is 29.9. The zero-order valence-corrected chi connectivity index (χ0v) is 51.2. The number of aryl methyl sites for hydroxylation is 2. The molecule has 68 heavy (non-hydrogen) atoms. The van der Waals surface area contributed by atoms with Gasteiger partial charge in [0.25, 0.3) is 5.56 Å². The highest BCUT2D eigenvalue weighted by atomic mass is 32.1. The number of phosphoric ester groups is 1. The first-order valence-corrected chi connectivity index (χ1v) is 32.6. The molecule has 2 aromatic rings. The predicted molar refractivity (Wildman–Crippen MR) is 272 cm³/mol. The summed E-state index contributed by atoms with van der Waals surface area (Å²) in [6, 6.07) is 10.3. The molecule has 0 bridgehead atoms. The molecular formula is C37H88N4O20P6S+2. The Hall–Kier alpha value is -0.580. The Morgan fingerprint density at radius 3 is 1.07 bits per heavy atom. The van der Waals surface area contributed by atoms with Gasteiger partial charge < -0.3 is 47.5 Å². The number of hydrogen-bond acceptors (Lipinski definition) is 21. The Balaban J connectivity index is -0.0000000998. The second kappa shape index (κ2) is 44.0. The molecule has 0 fully saturated rings. The van der Waals surface area contributed by atoms with E-state index in [1.807, 2.05) is 60.5 Å². The summed E-state index contributed by atoms with van der Waals surface area (Å²) in [5, 5.41) is 0. The third kappa shape index (κ3) is 111. The van der Waals surface area contributed by atoms with Gasteiger partial charge in [-0.05, 0) is 41.5 Å². The lowest BCUT2D eigenvalue weighted by Gasteiger charge is -2.27. The number of carbonyl (C=O) groups is 2. The number of hydrogen-bond donors (Lipinski definition) is 4. The summed E-state index contributed by atoms with van der Waals surface area (Å²) in [6.07, 6.45) is 0. The van der Waals surface area contributed by atoms with Crippen molar-refractivity contribution in [3.05, 3.63) is 51.9 Å². The lowest BCUT2D eigenvalue weighted by Crippen LogP contribution is -2.37. The van der Waals surface area contributed by atoms with Gasteiger partial charge in [-0.3, -0.25) is 18.3 Å². The Morgan fingerprint density at radius 1 is 0.676 bits per heavy atom. The second-order valence-corrected chi connectivity index (χ2v) is 30.3. The van der Waals surface area contributed by atoms with E-state index < -0.39 is 46.7 Å². The zero-order chi connectivity index (χ0) is 56.6. The monoisotopic (exact) mass is 1130 g/mol. The van der Waals surface area contributed by atoms with Gasteiger partial charge in [0.05, 0.1) is 97.8 Å². The maximum atomic E-state index is 11.3. The molecule has 410 valence electrons. The highest BCUT2D eigenvalue weighted by Gasteiger charge is 2.32. The summed E-state index contributed by atoms with van der Waals surface area (Å²) in [5.41, 5.74) is 1.79. The van der Waals surface area contributed by atoms with Gasteiger partial charge in [0.2, 0.25) is 37.3 Å². The second-order valence-electron chi connectivity index (χ2n) is 16.2. The molecule has 1 aromatic heterocycles. The molecule has 31 heteroatoms. The van der Waals surface area contributed by atoms with E-state index in [2.05, 4.69) is 59.5 Å². The highest BCUT2D eigenvalue weighted by molar-refractivity contribution is 7.58. The van der Waals surface area contributed by atoms with Crippen molar-refractivity contribution in [1.82, 2.24) is 8.75 Å². The minimum absolute atomic E-state index is 0.0787. The molecule has 0 amide bonds. The Morgan fingerprint density at radius 2 is 0.971 bits per heavy atom. The molecule has 2 unspecified atom stereocenters. The van der Waals surface area contributed by atoms with Crippen molar-refractivity contribution >= 4 is 70.0 Å². The van der Waals surface area contributed by atoms with Crippen molar-refractivity contribution in [3.63, 3.8) is 0 Å². The minimum atomic E-state index is -3.29. The number of H-pyrrole nitrogens is 1. The molecule has 0 radical (unpaired) electrons. The van der Waals surface area contributed by atoms with Gasteiger partial charge in [-0.1, -0.05) is 35.9 Å². The number of nitrogens with one attached hydrogen (secondary N) is 1. The molecular weight excluding hydrogens is 1040 g/mol. The molecule has 2 atom stereocenters. The molecule has 0 spiro atoms. The van der Waals surface area contributed by atoms with Crippen LogP contribution in [0, 0.1) is 13.8 Å². The fourth-order valence-corrected chi connectivity index (χ4v) is 3.61. The van der Waals surface area contributed by atoms with E-state index in [0.29, 0.717) is 14.7 Å². The van der Waals surface area contributed by atoms with Crippen LogP contribution in [-0.2, 0) is 54.9 Å². The maximum absolute atomic E-state index is 11.3. The van der Waals surface area contributed by atoms with Gasteiger partial charge in [0.15, 0.2) is 14.7 Å². The average molecular weight is 1130 g/mol. The van der Waals surface area contributed by atoms with Gasteiger partial charge in [0.1, 0.15) is 17.3 Å². The van der Waals surface area contributed by atoms with E-state index in [1.165, 1.54) is 103 Å². The van der Waals surface area contributed by atoms with Gasteiger partial charge in [-0.15, -0.1) is 4.52 Å². The normalized spacial score (nSPS) is 12.6. The van der Waals surface area contributed by atoms with Crippen LogP contribution in [0.3, 0.4) is 0 Å². The van der Waals surface area contributed by atoms with Crippen LogP contribution in [0.15, 0.2) is 35.1 Å². The third-order valence-corrected chi connectivity index (χ3v) is 10.2. The Bertz CT molecular complexity index is 1590. The molecule has 24 nitrogen and oxygen atoms in total. The smallest absolute Gasteiger partial charge is 0.386 e. The van der Waals surface area contributed by atoms with Crippen LogP contribution >= 0.6 is 58.5 Å². The Labute approximate surface area is 414 Å². The van der Waals surface area contributed by atoms with E-state index in [4.69, 9.17) is 19.2 Å². The number of aromatic amines is 1. The van der Waals surface area contributed by atoms with Crippen LogP contribution in [0.4, 0.5) is 0 Å². The summed E-state index contributed by atoms with van der Waals surface area (Å²) in [4.78, 5) is 96.5. The van der Waals surface area contributed by atoms with Gasteiger partial charge in [0, 0.05) is 45.5 Å². The number of rotatable bonds is 12. The number of aromatic nitrogens is 2. The lowest BCUT2D eigenvalue weighted by atomic mass is 10.2. The molecule has 1 heterocycles. The molecule has 0 saturated carbocycles. The number of carbonyl (C=O) groups excluding carboxylic acids is 2. The SMILES string of the molecule is CC(C)=O.CC(C)=O.COP(C)(C)=O.CO[P+](C)([O-])O.CO[P+](C)([O-])OC.CO[P+]([O-])(OC)OC[N+](C)(C)C.CP(C)(=O)O.C[N+](C)(C)CO[P+](C)([O-])O.Cc1ccccc1.Cc1ns[nH]c1=O. The number of nitrogens with zero attached hydrogens (tertiary/aromatic N) is 3. The Kier molecular flexibility index (Phi) is 54.5. The van der Waals surface area contributed by atoms with Crippen molar-refractivity contribution in [3.8, 4) is 0 Å². The number of phosphoric acid groups is 1. The van der Waals surface area contributed by atoms with Crippen LogP contribution in [0.25, 0.3) is 0 Å². The standard InChI is InChI=1S/C7H8.C6H17NO4P.C5H14NO3P.C3H4N2OS.C3H9O3P.C3H9O2P.2C3H6O.C2H7O3P.C2H7O2P/c1-7-5-3-2-4-6-7;1-7(2,3)6-11-12(8,9-4)10-5;1-6(2,3)5-9-10(4,7)8;1-2-3(6)5-7-4-2;1-5-7(3,4)6-2;1-5-6(2,3)4;2*1-3(2)4;1-5-6(2,3)4;1-5(2,3)4/h2-6H,1H3;6H2,1-5H3;5H2,1-4H3;1H3,(H,5,6);1-3H3;1-3H3;2*1-2H3;1-2H3,(H,3,4);1-2H3,(H,3,4)/q;+1;;;;;;;;/p+1. The summed E-state index contributed by atoms with van der Waals surface area (Å²) in [6.45, 7) is 19.9. The first kappa shape index (κ1) is 84.2. The van der Waals surface area contributed by atoms with E-state index in [1.54, 1.807) is 20.3 Å². The zero-order valence-electron chi connectivity index (χ0n) is 45.0. The molecule has 4 N–H and O–H groups in total. The molecule has 0 aliphatic carbocycles. The lowest BCUT2D eigenvalue weighted by molar-refractivity contribution is -0.887. The van der Waals surface area contributed by atoms with Crippen molar-refractivity contribution in [2.24, 2.45) is 0 Å². The summed E-state index contributed by atoms with van der Waals surface area (Å²) >= 11 is 1.08. The average Bonchev–Trinajstić information content (AvgIpc) is 3.53. The highest BCUT2D eigenvalue weighted by Crippen LogP contribution is 2.52. The van der Waals surface area contributed by atoms with Gasteiger partial charge in [-0.2, -0.15) is 17.9 Å². The van der Waals surface area contributed by atoms with E-state index >= 15 is 0 Å². The number of ketones is 2. The van der Waals surface area contributed by atoms with Crippen molar-refractivity contribution in [2.75, 3.05) is 145 Å². The first-order valence-electron chi connectivity index (χ1n) is 19.3. The van der Waals surface area contributed by atoms with E-state index in [-0.39, 0.29) is 30.6 Å². The quantitative estimate of drug-likeness (QED) is 0.133. The largest absolute Gasteiger partial charge is 0.632 e. The number of Topliss-reactive ketones (excluding diaryl/α,β-unsaturated/α-hetero) is 2. The topological polar surface area (TPSA) is 341 Å². The molecule has 2 rings (SSSR count). The van der Waals surface area contributed by atoms with Crippen molar-refractivity contribution < 1.29 is 98.1 Å². The van der Waals surface area contributed by atoms with Crippen LogP contribution in [-0.4, -0.2) is 189 Å². The van der Waals surface area contributed by atoms with Crippen LogP contribution in [0.1, 0.15) is 39.0 Å². The van der Waals surface area contributed by atoms with E-state index in [0.717, 1.165) is 18.4 Å². The summed E-state index contributed by atoms with van der Waals surface area (Å²) in [5.74, 6) is 0.333. The molecule has 0 saturated heterocycles. The number of quaternary nitrogens is 2. The minimum Gasteiger partial charge on any atom is -0.632 e. The molecule has 1 aromatic carbocycles. The fraction of sp³-hybridized carbons (Fsp3) is 0.730. The third-order valence-electron chi connectivity index (χ3n) is 4.77. The van der Waals surface area contributed by atoms with E-state index in [9.17, 15) is 43.1 Å². The van der Waals surface area contributed by atoms with Crippen LogP contribution in [0.2, 0.25) is 0 Å². The van der Waals surface area contributed by atoms with Crippen molar-refractivity contribution in [1.29, 1.82) is 0 Å². The molecule has 0 aliphatic heterocycles. The van der Waals surface area contributed by atoms with Gasteiger partial charge in [-0.25, -0.2) is 23.4 Å². The molecule has 0 aliphatic rings. The number of benzene rings is 1. The van der Waals surface area contributed by atoms with Crippen molar-refractivity contribution in [2.45, 2.75) is 41.5 Å². The van der Waals surface area contributed by atoms with Crippen LogP contribution in [0.5, 0.6) is 0 Å². The summed E-state index contributed by atoms with van der Waals surface area (Å²) < 4.78 is 63.5. The van der Waals surface area contributed by atoms with Crippen LogP contribution < -0.4 is 25.1 Å².